The third kappa shape index (κ3) is 1.38. The molecule has 12 heavy (non-hydrogen) atoms. The van der Waals surface area contributed by atoms with Crippen molar-refractivity contribution in [3.05, 3.63) is 0 Å². The largest absolute Gasteiger partial charge is 0.334 e. The van der Waals surface area contributed by atoms with E-state index in [1.807, 2.05) is 13.8 Å². The Morgan fingerprint density at radius 1 is 1.50 bits per heavy atom. The molecule has 65 valence electrons. The molecule has 0 saturated carbocycles. The smallest absolute Gasteiger partial charge is 0.256 e. The Labute approximate surface area is 73.4 Å². The number of hydrogen-bond acceptors (Lipinski definition) is 2. The first-order valence-corrected chi connectivity index (χ1v) is 4.23. The summed E-state index contributed by atoms with van der Waals surface area (Å²) in [6.45, 7) is 5.64. The highest BCUT2D eigenvalue weighted by molar-refractivity contribution is 6.42. The van der Waals surface area contributed by atoms with Gasteiger partial charge in [-0.25, -0.2) is 0 Å². The standard InChI is InChI=1S/C8H13BNO2/c1-5(2)6-4-7(11)10(9-3)8(6)12/h5-6H,4H2,1-3H3. The van der Waals surface area contributed by atoms with Gasteiger partial charge >= 0.3 is 0 Å². The summed E-state index contributed by atoms with van der Waals surface area (Å²) >= 11 is 0. The van der Waals surface area contributed by atoms with Crippen LogP contribution in [0.1, 0.15) is 20.3 Å². The Kier molecular flexibility index (Phi) is 2.55. The van der Waals surface area contributed by atoms with Crippen LogP contribution in [0.4, 0.5) is 0 Å². The predicted octanol–water partition coefficient (Wildman–Crippen LogP) is 0.685. The number of nitrogens with zero attached hydrogens (tertiary/aromatic N) is 1. The molecule has 1 rings (SSSR count). The fourth-order valence-corrected chi connectivity index (χ4v) is 1.47. The minimum absolute atomic E-state index is 0.0440. The zero-order chi connectivity index (χ0) is 9.30. The Morgan fingerprint density at radius 3 is 2.33 bits per heavy atom. The van der Waals surface area contributed by atoms with Crippen molar-refractivity contribution < 1.29 is 9.59 Å². The van der Waals surface area contributed by atoms with Crippen molar-refractivity contribution in [1.82, 2.24) is 4.81 Å². The lowest BCUT2D eigenvalue weighted by molar-refractivity contribution is -0.134. The van der Waals surface area contributed by atoms with Crippen LogP contribution in [0.3, 0.4) is 0 Å². The molecule has 1 radical (unpaired) electrons. The first-order chi connectivity index (χ1) is 5.57. The Bertz CT molecular complexity index is 215. The molecule has 1 unspecified atom stereocenters. The van der Waals surface area contributed by atoms with E-state index in [-0.39, 0.29) is 23.7 Å². The minimum atomic E-state index is -0.103. The van der Waals surface area contributed by atoms with Crippen LogP contribution in [0, 0.1) is 11.8 Å². The maximum atomic E-state index is 11.5. The molecule has 0 N–H and O–H groups in total. The molecule has 0 aromatic heterocycles. The lowest BCUT2D eigenvalue weighted by atomic mass is 9.93. The van der Waals surface area contributed by atoms with Crippen LogP contribution in [0.2, 0.25) is 6.82 Å². The Morgan fingerprint density at radius 2 is 2.08 bits per heavy atom. The van der Waals surface area contributed by atoms with E-state index in [2.05, 4.69) is 0 Å². The highest BCUT2D eigenvalue weighted by atomic mass is 16.2. The molecule has 0 aromatic rings. The molecule has 0 spiro atoms. The van der Waals surface area contributed by atoms with Crippen molar-refractivity contribution in [3.8, 4) is 0 Å². The fraction of sp³-hybridized carbons (Fsp3) is 0.750. The summed E-state index contributed by atoms with van der Waals surface area (Å²) in [6.07, 6.45) is 0.376. The van der Waals surface area contributed by atoms with Gasteiger partial charge in [-0.15, -0.1) is 0 Å². The predicted molar refractivity (Wildman–Crippen MR) is 46.4 cm³/mol. The van der Waals surface area contributed by atoms with E-state index in [0.717, 1.165) is 0 Å². The lowest BCUT2D eigenvalue weighted by Crippen LogP contribution is -2.33. The molecule has 1 atom stereocenters. The van der Waals surface area contributed by atoms with Gasteiger partial charge in [0.05, 0.1) is 0 Å². The molecular formula is C8H13BNO2. The first kappa shape index (κ1) is 9.29. The fourth-order valence-electron chi connectivity index (χ4n) is 1.47. The van der Waals surface area contributed by atoms with Gasteiger partial charge in [-0.3, -0.25) is 9.59 Å². The summed E-state index contributed by atoms with van der Waals surface area (Å²) in [5.74, 6) is 0.0406. The molecule has 1 heterocycles. The van der Waals surface area contributed by atoms with Crippen LogP contribution < -0.4 is 0 Å². The highest BCUT2D eigenvalue weighted by Crippen LogP contribution is 2.25. The maximum absolute atomic E-state index is 11.5. The summed E-state index contributed by atoms with van der Waals surface area (Å²) in [5.41, 5.74) is 0. The molecule has 3 nitrogen and oxygen atoms in total. The van der Waals surface area contributed by atoms with Crippen LogP contribution in [0.25, 0.3) is 0 Å². The van der Waals surface area contributed by atoms with E-state index in [4.69, 9.17) is 0 Å². The summed E-state index contributed by atoms with van der Waals surface area (Å²) in [7, 11) is 1.55. The molecule has 2 amide bonds. The summed E-state index contributed by atoms with van der Waals surface area (Å²) in [4.78, 5) is 23.9. The molecule has 0 aromatic carbocycles. The normalized spacial score (nSPS) is 24.0. The summed E-state index contributed by atoms with van der Waals surface area (Å²) in [5, 5.41) is 0. The van der Waals surface area contributed by atoms with Crippen molar-refractivity contribution in [3.63, 3.8) is 0 Å². The molecule has 1 saturated heterocycles. The average Bonchev–Trinajstić information content (AvgIpc) is 2.27. The van der Waals surface area contributed by atoms with Crippen molar-refractivity contribution in [1.29, 1.82) is 0 Å². The zero-order valence-corrected chi connectivity index (χ0v) is 7.70. The van der Waals surface area contributed by atoms with Crippen LogP contribution in [0.5, 0.6) is 0 Å². The van der Waals surface area contributed by atoms with Gasteiger partial charge in [0.25, 0.3) is 7.41 Å². The SMILES string of the molecule is C[B]N1C(=O)CC(C(C)C)C1=O. The molecule has 1 aliphatic heterocycles. The molecule has 0 bridgehead atoms. The number of imide groups is 1. The van der Waals surface area contributed by atoms with E-state index in [9.17, 15) is 9.59 Å². The first-order valence-electron chi connectivity index (χ1n) is 4.23. The molecular weight excluding hydrogens is 153 g/mol. The van der Waals surface area contributed by atoms with Crippen molar-refractivity contribution in [2.45, 2.75) is 27.1 Å². The van der Waals surface area contributed by atoms with Gasteiger partial charge in [0.2, 0.25) is 11.8 Å². The van der Waals surface area contributed by atoms with Crippen molar-refractivity contribution >= 4 is 19.2 Å². The number of carbonyl (C=O) groups excluding carboxylic acids is 2. The van der Waals surface area contributed by atoms with Crippen molar-refractivity contribution in [2.75, 3.05) is 0 Å². The Balaban J connectivity index is 2.75. The number of hydrogen-bond donors (Lipinski definition) is 0. The van der Waals surface area contributed by atoms with Crippen LogP contribution in [0.15, 0.2) is 0 Å². The van der Waals surface area contributed by atoms with Crippen LogP contribution in [-0.2, 0) is 9.59 Å². The van der Waals surface area contributed by atoms with Crippen LogP contribution in [-0.4, -0.2) is 24.0 Å². The van der Waals surface area contributed by atoms with E-state index < -0.39 is 0 Å². The number of amides is 2. The second kappa shape index (κ2) is 3.29. The summed E-state index contributed by atoms with van der Waals surface area (Å²) in [6, 6.07) is 0. The maximum Gasteiger partial charge on any atom is 0.256 e. The van der Waals surface area contributed by atoms with Gasteiger partial charge in [-0.2, -0.15) is 0 Å². The third-order valence-electron chi connectivity index (χ3n) is 2.28. The quantitative estimate of drug-likeness (QED) is 0.446. The average molecular weight is 166 g/mol. The second-order valence-corrected chi connectivity index (χ2v) is 3.41. The van der Waals surface area contributed by atoms with E-state index in [1.165, 1.54) is 4.81 Å². The van der Waals surface area contributed by atoms with Gasteiger partial charge < -0.3 is 4.81 Å². The molecule has 0 aliphatic carbocycles. The van der Waals surface area contributed by atoms with Crippen LogP contribution >= 0.6 is 0 Å². The monoisotopic (exact) mass is 166 g/mol. The number of carbonyl (C=O) groups is 2. The highest BCUT2D eigenvalue weighted by Gasteiger charge is 2.38. The lowest BCUT2D eigenvalue weighted by Gasteiger charge is -2.13. The molecule has 4 heteroatoms. The van der Waals surface area contributed by atoms with Crippen molar-refractivity contribution in [2.24, 2.45) is 11.8 Å². The minimum Gasteiger partial charge on any atom is -0.334 e. The second-order valence-electron chi connectivity index (χ2n) is 3.41. The van der Waals surface area contributed by atoms with Gasteiger partial charge in [0.1, 0.15) is 0 Å². The van der Waals surface area contributed by atoms with Gasteiger partial charge in [0, 0.05) is 12.3 Å². The summed E-state index contributed by atoms with van der Waals surface area (Å²) < 4.78 is 0. The zero-order valence-electron chi connectivity index (χ0n) is 7.70. The van der Waals surface area contributed by atoms with Gasteiger partial charge in [0.15, 0.2) is 0 Å². The Hall–Kier alpha value is -0.795. The van der Waals surface area contributed by atoms with E-state index >= 15 is 0 Å². The van der Waals surface area contributed by atoms with E-state index in [0.29, 0.717) is 6.42 Å². The molecule has 1 aliphatic rings. The van der Waals surface area contributed by atoms with Gasteiger partial charge in [-0.1, -0.05) is 20.7 Å². The van der Waals surface area contributed by atoms with Gasteiger partial charge in [-0.05, 0) is 5.92 Å². The molecule has 1 fully saturated rings. The van der Waals surface area contributed by atoms with E-state index in [1.54, 1.807) is 14.2 Å². The number of rotatable bonds is 2. The third-order valence-corrected chi connectivity index (χ3v) is 2.28. The topological polar surface area (TPSA) is 37.4 Å².